The third-order valence-corrected chi connectivity index (χ3v) is 6.50. The number of ether oxygens (including phenoxy) is 1. The smallest absolute Gasteiger partial charge is 0.302 e. The SMILES string of the molecule is C=C[C@@](C)(CC/C=C(\C)COC(C)=O)S(=O)(=O)c1ccc(C)cc1. The van der Waals surface area contributed by atoms with E-state index in [2.05, 4.69) is 6.58 Å². The van der Waals surface area contributed by atoms with Gasteiger partial charge in [0.1, 0.15) is 6.61 Å². The summed E-state index contributed by atoms with van der Waals surface area (Å²) in [5.74, 6) is -0.333. The lowest BCUT2D eigenvalue weighted by molar-refractivity contribution is -0.139. The Bertz CT molecular complexity index is 714. The Morgan fingerprint density at radius 2 is 1.83 bits per heavy atom. The highest BCUT2D eigenvalue weighted by Gasteiger charge is 2.36. The lowest BCUT2D eigenvalue weighted by Gasteiger charge is -2.25. The topological polar surface area (TPSA) is 60.4 Å². The van der Waals surface area contributed by atoms with Crippen LogP contribution in [0.1, 0.15) is 39.2 Å². The van der Waals surface area contributed by atoms with Gasteiger partial charge in [0.25, 0.3) is 0 Å². The van der Waals surface area contributed by atoms with Crippen LogP contribution >= 0.6 is 0 Å². The second-order valence-electron chi connectivity index (χ2n) is 6.20. The van der Waals surface area contributed by atoms with E-state index in [4.69, 9.17) is 4.74 Å². The summed E-state index contributed by atoms with van der Waals surface area (Å²) in [5.41, 5.74) is 1.91. The van der Waals surface area contributed by atoms with Gasteiger partial charge in [-0.15, -0.1) is 6.58 Å². The second-order valence-corrected chi connectivity index (χ2v) is 8.61. The van der Waals surface area contributed by atoms with Crippen LogP contribution in [0.4, 0.5) is 0 Å². The Morgan fingerprint density at radius 1 is 1.25 bits per heavy atom. The van der Waals surface area contributed by atoms with Crippen molar-refractivity contribution in [3.63, 3.8) is 0 Å². The predicted octanol–water partition coefficient (Wildman–Crippen LogP) is 4.00. The number of aryl methyl sites for hydroxylation is 1. The Balaban J connectivity index is 2.89. The number of carbonyl (C=O) groups excluding carboxylic acids is 1. The first-order chi connectivity index (χ1) is 11.1. The molecular weight excluding hydrogens is 324 g/mol. The molecule has 1 aromatic carbocycles. The van der Waals surface area contributed by atoms with Crippen LogP contribution in [0.3, 0.4) is 0 Å². The molecule has 0 aromatic heterocycles. The molecule has 24 heavy (non-hydrogen) atoms. The fourth-order valence-corrected chi connectivity index (χ4v) is 3.85. The Kier molecular flexibility index (Phi) is 6.96. The van der Waals surface area contributed by atoms with Crippen LogP contribution < -0.4 is 0 Å². The van der Waals surface area contributed by atoms with E-state index in [1.165, 1.54) is 13.0 Å². The lowest BCUT2D eigenvalue weighted by atomic mass is 10.0. The van der Waals surface area contributed by atoms with E-state index in [0.29, 0.717) is 17.7 Å². The average molecular weight is 350 g/mol. The van der Waals surface area contributed by atoms with Crippen LogP contribution in [0.15, 0.2) is 53.5 Å². The zero-order valence-corrected chi connectivity index (χ0v) is 15.7. The summed E-state index contributed by atoms with van der Waals surface area (Å²) in [6.45, 7) is 10.8. The van der Waals surface area contributed by atoms with Gasteiger partial charge in [-0.3, -0.25) is 4.79 Å². The molecule has 132 valence electrons. The fraction of sp³-hybridized carbons (Fsp3) is 0.421. The third kappa shape index (κ3) is 5.06. The van der Waals surface area contributed by atoms with E-state index in [-0.39, 0.29) is 12.6 Å². The molecule has 5 heteroatoms. The van der Waals surface area contributed by atoms with Gasteiger partial charge in [-0.25, -0.2) is 8.42 Å². The van der Waals surface area contributed by atoms with Gasteiger partial charge in [-0.05, 0) is 51.3 Å². The average Bonchev–Trinajstić information content (AvgIpc) is 2.53. The van der Waals surface area contributed by atoms with Crippen LogP contribution in [0.2, 0.25) is 0 Å². The van der Waals surface area contributed by atoms with Crippen LogP contribution in [0.5, 0.6) is 0 Å². The van der Waals surface area contributed by atoms with Gasteiger partial charge in [-0.2, -0.15) is 0 Å². The third-order valence-electron chi connectivity index (χ3n) is 4.01. The van der Waals surface area contributed by atoms with Crippen molar-refractivity contribution in [1.82, 2.24) is 0 Å². The highest BCUT2D eigenvalue weighted by molar-refractivity contribution is 7.93. The molecular formula is C19H26O4S. The first kappa shape index (κ1) is 20.2. The van der Waals surface area contributed by atoms with E-state index in [1.807, 2.05) is 19.9 Å². The van der Waals surface area contributed by atoms with Gasteiger partial charge >= 0.3 is 5.97 Å². The molecule has 0 unspecified atom stereocenters. The molecule has 0 spiro atoms. The molecule has 0 aliphatic rings. The number of sulfone groups is 1. The number of hydrogen-bond acceptors (Lipinski definition) is 4. The molecule has 0 saturated heterocycles. The Morgan fingerprint density at radius 3 is 2.33 bits per heavy atom. The van der Waals surface area contributed by atoms with Crippen molar-refractivity contribution < 1.29 is 17.9 Å². The van der Waals surface area contributed by atoms with Crippen LogP contribution in [0, 0.1) is 6.92 Å². The maximum Gasteiger partial charge on any atom is 0.302 e. The van der Waals surface area contributed by atoms with E-state index >= 15 is 0 Å². The summed E-state index contributed by atoms with van der Waals surface area (Å²) < 4.78 is 29.7. The zero-order valence-electron chi connectivity index (χ0n) is 14.8. The molecule has 0 N–H and O–H groups in total. The Hall–Kier alpha value is -1.88. The lowest BCUT2D eigenvalue weighted by Crippen LogP contribution is -2.33. The second kappa shape index (κ2) is 8.29. The van der Waals surface area contributed by atoms with Gasteiger partial charge in [-0.1, -0.05) is 29.8 Å². The van der Waals surface area contributed by atoms with Crippen LogP contribution in [-0.2, 0) is 19.4 Å². The molecule has 1 atom stereocenters. The van der Waals surface area contributed by atoms with Crippen molar-refractivity contribution in [2.45, 2.75) is 50.2 Å². The highest BCUT2D eigenvalue weighted by Crippen LogP contribution is 2.31. The van der Waals surface area contributed by atoms with Crippen molar-refractivity contribution >= 4 is 15.8 Å². The van der Waals surface area contributed by atoms with E-state index in [1.54, 1.807) is 31.2 Å². The van der Waals surface area contributed by atoms with E-state index < -0.39 is 14.6 Å². The number of carbonyl (C=O) groups is 1. The Labute approximate surface area is 145 Å². The normalized spacial score (nSPS) is 14.8. The monoisotopic (exact) mass is 350 g/mol. The minimum atomic E-state index is -3.52. The molecule has 0 fully saturated rings. The number of rotatable bonds is 8. The number of hydrogen-bond donors (Lipinski definition) is 0. The van der Waals surface area contributed by atoms with Gasteiger partial charge in [0.2, 0.25) is 0 Å². The summed E-state index contributed by atoms with van der Waals surface area (Å²) in [5, 5.41) is 0. The van der Waals surface area contributed by atoms with Gasteiger partial charge in [0.15, 0.2) is 9.84 Å². The van der Waals surface area contributed by atoms with Crippen molar-refractivity contribution in [3.8, 4) is 0 Å². The molecule has 0 heterocycles. The van der Waals surface area contributed by atoms with Crippen LogP contribution in [0.25, 0.3) is 0 Å². The molecule has 0 radical (unpaired) electrons. The minimum absolute atomic E-state index is 0.227. The van der Waals surface area contributed by atoms with Crippen molar-refractivity contribution in [2.24, 2.45) is 0 Å². The molecule has 0 aliphatic carbocycles. The largest absolute Gasteiger partial charge is 0.461 e. The van der Waals surface area contributed by atoms with Crippen molar-refractivity contribution in [2.75, 3.05) is 6.61 Å². The number of allylic oxidation sites excluding steroid dienone is 1. The molecule has 4 nitrogen and oxygen atoms in total. The number of esters is 1. The van der Waals surface area contributed by atoms with E-state index in [9.17, 15) is 13.2 Å². The molecule has 0 aliphatic heterocycles. The summed E-state index contributed by atoms with van der Waals surface area (Å²) in [6, 6.07) is 6.85. The highest BCUT2D eigenvalue weighted by atomic mass is 32.2. The molecule has 1 rings (SSSR count). The quantitative estimate of drug-likeness (QED) is 0.525. The maximum atomic E-state index is 12.9. The molecule has 0 amide bonds. The first-order valence-electron chi connectivity index (χ1n) is 7.86. The van der Waals surface area contributed by atoms with Gasteiger partial charge in [0.05, 0.1) is 9.64 Å². The fourth-order valence-electron chi connectivity index (χ4n) is 2.21. The van der Waals surface area contributed by atoms with Gasteiger partial charge in [0, 0.05) is 6.92 Å². The summed E-state index contributed by atoms with van der Waals surface area (Å²) >= 11 is 0. The van der Waals surface area contributed by atoms with Crippen molar-refractivity contribution in [1.29, 1.82) is 0 Å². The zero-order chi connectivity index (χ0) is 18.4. The number of benzene rings is 1. The molecule has 1 aromatic rings. The van der Waals surface area contributed by atoms with Crippen LogP contribution in [-0.4, -0.2) is 25.7 Å². The van der Waals surface area contributed by atoms with Crippen molar-refractivity contribution in [3.05, 3.63) is 54.1 Å². The summed E-state index contributed by atoms with van der Waals surface area (Å²) in [7, 11) is -3.52. The van der Waals surface area contributed by atoms with E-state index in [0.717, 1.165) is 11.1 Å². The molecule has 0 bridgehead atoms. The maximum absolute atomic E-state index is 12.9. The predicted molar refractivity (Wildman–Crippen MR) is 96.6 cm³/mol. The summed E-state index contributed by atoms with van der Waals surface area (Å²) in [6.07, 6.45) is 4.36. The standard InChI is InChI=1S/C19H26O4S/c1-6-19(5,13-7-8-16(3)14-23-17(4)20)24(21,22)18-11-9-15(2)10-12-18/h6,8-12H,1,7,13-14H2,2-5H3/b16-8+/t19-/m0/s1. The summed E-state index contributed by atoms with van der Waals surface area (Å²) in [4.78, 5) is 11.1. The van der Waals surface area contributed by atoms with Gasteiger partial charge < -0.3 is 4.74 Å². The molecule has 0 saturated carbocycles. The first-order valence-corrected chi connectivity index (χ1v) is 9.34. The minimum Gasteiger partial charge on any atom is -0.461 e.